The van der Waals surface area contributed by atoms with Gasteiger partial charge in [0.15, 0.2) is 11.5 Å². The van der Waals surface area contributed by atoms with Gasteiger partial charge in [0.1, 0.15) is 5.82 Å². The number of nitrogens with zero attached hydrogens (tertiary/aromatic N) is 6. The van der Waals surface area contributed by atoms with Gasteiger partial charge in [-0.15, -0.1) is 10.2 Å². The lowest BCUT2D eigenvalue weighted by Gasteiger charge is -2.39. The standard InChI is InChI=1S/C23H24N8O2/c1-32-12-11-25-19-8-7-18(29-30-19)20-28-21(31-33-20)23(9-2-10-23)17-5-3-15(4-6-17)16-13-26-22(24)27-14-16/h3-8,13-14H,2,9-12H2,1H3,(H,25,30)(H2,24,26,27). The Morgan fingerprint density at radius 3 is 2.45 bits per heavy atom. The van der Waals surface area contributed by atoms with E-state index < -0.39 is 0 Å². The van der Waals surface area contributed by atoms with Gasteiger partial charge >= 0.3 is 0 Å². The molecule has 1 aliphatic carbocycles. The van der Waals surface area contributed by atoms with Gasteiger partial charge in [0, 0.05) is 31.6 Å². The Balaban J connectivity index is 1.36. The lowest BCUT2D eigenvalue weighted by atomic mass is 9.64. The van der Waals surface area contributed by atoms with E-state index in [9.17, 15) is 0 Å². The Bertz CT molecular complexity index is 1200. The molecule has 33 heavy (non-hydrogen) atoms. The maximum absolute atomic E-state index is 5.59. The zero-order valence-corrected chi connectivity index (χ0v) is 18.2. The maximum atomic E-state index is 5.59. The first-order valence-corrected chi connectivity index (χ1v) is 10.8. The first-order valence-electron chi connectivity index (χ1n) is 10.8. The van der Waals surface area contributed by atoms with Crippen LogP contribution in [0.15, 0.2) is 53.3 Å². The van der Waals surface area contributed by atoms with Gasteiger partial charge < -0.3 is 20.3 Å². The highest BCUT2D eigenvalue weighted by molar-refractivity contribution is 5.63. The van der Waals surface area contributed by atoms with Gasteiger partial charge in [0.25, 0.3) is 5.89 Å². The molecule has 3 heterocycles. The minimum Gasteiger partial charge on any atom is -0.383 e. The predicted molar refractivity (Wildman–Crippen MR) is 122 cm³/mol. The molecule has 0 bridgehead atoms. The first kappa shape index (κ1) is 21.0. The van der Waals surface area contributed by atoms with Crippen LogP contribution in [0.25, 0.3) is 22.7 Å². The van der Waals surface area contributed by atoms with Gasteiger partial charge in [0.05, 0.1) is 12.0 Å². The summed E-state index contributed by atoms with van der Waals surface area (Å²) in [5.41, 5.74) is 8.97. The SMILES string of the molecule is COCCNc1ccc(-c2nc(C3(c4ccc(-c5cnc(N)nc5)cc4)CCC3)no2)nn1. The molecule has 1 fully saturated rings. The number of ether oxygens (including phenoxy) is 1. The van der Waals surface area contributed by atoms with Crippen molar-refractivity contribution < 1.29 is 9.26 Å². The fraction of sp³-hybridized carbons (Fsp3) is 0.304. The van der Waals surface area contributed by atoms with E-state index in [1.54, 1.807) is 19.5 Å². The van der Waals surface area contributed by atoms with Gasteiger partial charge in [0.2, 0.25) is 5.95 Å². The van der Waals surface area contributed by atoms with Crippen molar-refractivity contribution in [2.24, 2.45) is 0 Å². The van der Waals surface area contributed by atoms with Crippen LogP contribution in [0.2, 0.25) is 0 Å². The lowest BCUT2D eigenvalue weighted by Crippen LogP contribution is -2.36. The van der Waals surface area contributed by atoms with Gasteiger partial charge in [-0.25, -0.2) is 9.97 Å². The minimum atomic E-state index is -0.257. The van der Waals surface area contributed by atoms with Gasteiger partial charge in [-0.1, -0.05) is 35.8 Å². The average molecular weight is 444 g/mol. The number of nitrogens with one attached hydrogen (secondary N) is 1. The summed E-state index contributed by atoms with van der Waals surface area (Å²) in [6.45, 7) is 1.25. The van der Waals surface area contributed by atoms with E-state index in [-0.39, 0.29) is 11.4 Å². The molecule has 0 aliphatic heterocycles. The topological polar surface area (TPSA) is 138 Å². The molecule has 1 saturated carbocycles. The molecule has 0 radical (unpaired) electrons. The quantitative estimate of drug-likeness (QED) is 0.390. The molecule has 0 atom stereocenters. The van der Waals surface area contributed by atoms with Crippen molar-refractivity contribution in [2.75, 3.05) is 31.3 Å². The molecule has 4 aromatic rings. The Morgan fingerprint density at radius 1 is 1.03 bits per heavy atom. The number of anilines is 2. The number of rotatable bonds is 8. The normalized spacial score (nSPS) is 14.6. The second-order valence-corrected chi connectivity index (χ2v) is 7.99. The largest absolute Gasteiger partial charge is 0.383 e. The summed E-state index contributed by atoms with van der Waals surface area (Å²) < 4.78 is 10.6. The zero-order chi connectivity index (χ0) is 22.7. The van der Waals surface area contributed by atoms with Crippen LogP contribution in [0.3, 0.4) is 0 Å². The smallest absolute Gasteiger partial charge is 0.278 e. The van der Waals surface area contributed by atoms with Crippen molar-refractivity contribution in [3.8, 4) is 22.7 Å². The van der Waals surface area contributed by atoms with Crippen LogP contribution in [-0.2, 0) is 10.2 Å². The number of hydrogen-bond donors (Lipinski definition) is 2. The van der Waals surface area contributed by atoms with Crippen LogP contribution in [0.4, 0.5) is 11.8 Å². The van der Waals surface area contributed by atoms with Crippen molar-refractivity contribution in [3.05, 3.63) is 60.2 Å². The number of hydrogen-bond acceptors (Lipinski definition) is 10. The molecule has 1 aliphatic rings. The third kappa shape index (κ3) is 4.12. The van der Waals surface area contributed by atoms with E-state index in [1.165, 1.54) is 0 Å². The maximum Gasteiger partial charge on any atom is 0.278 e. The van der Waals surface area contributed by atoms with Gasteiger partial charge in [-0.3, -0.25) is 0 Å². The van der Waals surface area contributed by atoms with E-state index in [0.29, 0.717) is 36.4 Å². The van der Waals surface area contributed by atoms with E-state index in [1.807, 2.05) is 12.1 Å². The van der Waals surface area contributed by atoms with Crippen LogP contribution in [-0.4, -0.2) is 50.6 Å². The fourth-order valence-corrected chi connectivity index (χ4v) is 3.98. The summed E-state index contributed by atoms with van der Waals surface area (Å²) in [6, 6.07) is 12.0. The molecule has 1 aromatic carbocycles. The van der Waals surface area contributed by atoms with Crippen LogP contribution in [0.1, 0.15) is 30.7 Å². The van der Waals surface area contributed by atoms with Crippen LogP contribution >= 0.6 is 0 Å². The summed E-state index contributed by atoms with van der Waals surface area (Å²) >= 11 is 0. The highest BCUT2D eigenvalue weighted by Gasteiger charge is 2.44. The predicted octanol–water partition coefficient (Wildman–Crippen LogP) is 3.09. The Kier molecular flexibility index (Phi) is 5.66. The van der Waals surface area contributed by atoms with E-state index >= 15 is 0 Å². The molecular formula is C23H24N8O2. The average Bonchev–Trinajstić information content (AvgIpc) is 3.30. The van der Waals surface area contributed by atoms with Crippen LogP contribution < -0.4 is 11.1 Å². The van der Waals surface area contributed by atoms with Crippen LogP contribution in [0.5, 0.6) is 0 Å². The number of aromatic nitrogens is 6. The summed E-state index contributed by atoms with van der Waals surface area (Å²) in [7, 11) is 1.65. The van der Waals surface area contributed by atoms with E-state index in [2.05, 4.69) is 54.9 Å². The molecule has 0 saturated heterocycles. The second kappa shape index (κ2) is 8.91. The molecule has 0 spiro atoms. The first-order chi connectivity index (χ1) is 16.2. The van der Waals surface area contributed by atoms with Gasteiger partial charge in [-0.05, 0) is 36.1 Å². The third-order valence-electron chi connectivity index (χ3n) is 6.00. The Morgan fingerprint density at radius 2 is 1.82 bits per heavy atom. The Hall–Kier alpha value is -3.92. The van der Waals surface area contributed by atoms with Crippen molar-refractivity contribution >= 4 is 11.8 Å². The number of benzene rings is 1. The summed E-state index contributed by atoms with van der Waals surface area (Å²) in [5, 5.41) is 15.8. The molecule has 3 N–H and O–H groups in total. The van der Waals surface area contributed by atoms with E-state index in [0.717, 1.165) is 36.0 Å². The van der Waals surface area contributed by atoms with E-state index in [4.69, 9.17) is 20.0 Å². The highest BCUT2D eigenvalue weighted by atomic mass is 16.5. The number of methoxy groups -OCH3 is 1. The van der Waals surface area contributed by atoms with Crippen LogP contribution in [0, 0.1) is 0 Å². The monoisotopic (exact) mass is 444 g/mol. The third-order valence-corrected chi connectivity index (χ3v) is 6.00. The summed E-state index contributed by atoms with van der Waals surface area (Å²) in [5.74, 6) is 1.97. The molecule has 0 unspecified atom stereocenters. The number of nitrogen functional groups attached to an aromatic ring is 1. The number of nitrogens with two attached hydrogens (primary N) is 1. The minimum absolute atomic E-state index is 0.257. The van der Waals surface area contributed by atoms with Crippen molar-refractivity contribution in [1.82, 2.24) is 30.3 Å². The highest BCUT2D eigenvalue weighted by Crippen LogP contribution is 2.48. The molecule has 5 rings (SSSR count). The lowest BCUT2D eigenvalue weighted by molar-refractivity contribution is 0.210. The molecule has 168 valence electrons. The van der Waals surface area contributed by atoms with Crippen molar-refractivity contribution in [2.45, 2.75) is 24.7 Å². The zero-order valence-electron chi connectivity index (χ0n) is 18.2. The molecule has 0 amide bonds. The van der Waals surface area contributed by atoms with Gasteiger partial charge in [-0.2, -0.15) is 4.98 Å². The molecule has 10 heteroatoms. The summed E-state index contributed by atoms with van der Waals surface area (Å²) in [6.07, 6.45) is 6.48. The second-order valence-electron chi connectivity index (χ2n) is 7.99. The molecule has 3 aromatic heterocycles. The fourth-order valence-electron chi connectivity index (χ4n) is 3.98. The Labute approximate surface area is 190 Å². The molecule has 10 nitrogen and oxygen atoms in total. The molecular weight excluding hydrogens is 420 g/mol. The van der Waals surface area contributed by atoms with Crippen molar-refractivity contribution in [3.63, 3.8) is 0 Å². The van der Waals surface area contributed by atoms with Crippen molar-refractivity contribution in [1.29, 1.82) is 0 Å². The summed E-state index contributed by atoms with van der Waals surface area (Å²) in [4.78, 5) is 12.8.